The van der Waals surface area contributed by atoms with E-state index in [0.717, 1.165) is 12.1 Å². The monoisotopic (exact) mass is 420 g/mol. The first-order valence-electron chi connectivity index (χ1n) is 7.58. The molecule has 0 radical (unpaired) electrons. The van der Waals surface area contributed by atoms with Crippen LogP contribution in [0, 0.1) is 0 Å². The molecule has 2 aromatic carbocycles. The third-order valence-electron chi connectivity index (χ3n) is 3.79. The predicted octanol–water partition coefficient (Wildman–Crippen LogP) is 5.47. The first-order chi connectivity index (χ1) is 12.2. The van der Waals surface area contributed by atoms with Gasteiger partial charge in [0.25, 0.3) is 0 Å². The molecule has 1 N–H and O–H groups in total. The van der Waals surface area contributed by atoms with Crippen molar-refractivity contribution in [1.29, 1.82) is 0 Å². The Kier molecular flexibility index (Phi) is 5.50. The number of hydrogen-bond donors (Lipinski definition) is 1. The van der Waals surface area contributed by atoms with Crippen molar-refractivity contribution in [2.75, 3.05) is 18.4 Å². The molecule has 0 unspecified atom stereocenters. The van der Waals surface area contributed by atoms with Crippen molar-refractivity contribution in [2.24, 2.45) is 0 Å². The van der Waals surface area contributed by atoms with Crippen LogP contribution in [0.1, 0.15) is 5.56 Å². The Morgan fingerprint density at radius 1 is 1.12 bits per heavy atom. The Morgan fingerprint density at radius 2 is 1.73 bits per heavy atom. The van der Waals surface area contributed by atoms with Gasteiger partial charge in [0, 0.05) is 0 Å². The number of anilines is 1. The Balaban J connectivity index is 1.55. The van der Waals surface area contributed by atoms with Gasteiger partial charge in [-0.2, -0.15) is 13.2 Å². The molecule has 0 atom stereocenters. The topological polar surface area (TPSA) is 24.5 Å². The molecule has 9 heteroatoms. The zero-order chi connectivity index (χ0) is 18.9. The van der Waals surface area contributed by atoms with Gasteiger partial charge >= 0.3 is 6.18 Å². The van der Waals surface area contributed by atoms with Gasteiger partial charge in [-0.15, -0.1) is 0 Å². The summed E-state index contributed by atoms with van der Waals surface area (Å²) in [5.41, 5.74) is -0.222. The quantitative estimate of drug-likeness (QED) is 0.665. The standard InChI is InChI=1S/C17H13Cl2F3N2OS/c18-13-5-2-6-14(19)15(13)23-16(26)24-8-12(9-24)25-11-4-1-3-10(7-11)17(20,21)22/h1-7,12H,8-9H2,(H,23,26). The van der Waals surface area contributed by atoms with Crippen LogP contribution in [0.25, 0.3) is 0 Å². The van der Waals surface area contributed by atoms with E-state index in [0.29, 0.717) is 33.9 Å². The molecule has 2 aromatic rings. The summed E-state index contributed by atoms with van der Waals surface area (Å²) in [6.45, 7) is 0.897. The van der Waals surface area contributed by atoms with Gasteiger partial charge in [-0.05, 0) is 42.5 Å². The number of hydrogen-bond acceptors (Lipinski definition) is 2. The zero-order valence-corrected chi connectivity index (χ0v) is 15.5. The fourth-order valence-corrected chi connectivity index (χ4v) is 3.16. The molecule has 0 bridgehead atoms. The summed E-state index contributed by atoms with van der Waals surface area (Å²) in [6, 6.07) is 9.91. The molecule has 138 valence electrons. The molecular formula is C17H13Cl2F3N2OS. The van der Waals surface area contributed by atoms with Gasteiger partial charge in [-0.3, -0.25) is 0 Å². The summed E-state index contributed by atoms with van der Waals surface area (Å²) in [6.07, 6.45) is -4.65. The number of nitrogens with one attached hydrogen (secondary N) is 1. The lowest BCUT2D eigenvalue weighted by atomic mass is 10.1. The molecule has 0 saturated carbocycles. The predicted molar refractivity (Wildman–Crippen MR) is 100 cm³/mol. The second-order valence-electron chi connectivity index (χ2n) is 5.70. The lowest BCUT2D eigenvalue weighted by molar-refractivity contribution is -0.137. The third kappa shape index (κ3) is 4.34. The first-order valence-corrected chi connectivity index (χ1v) is 8.74. The van der Waals surface area contributed by atoms with Crippen LogP contribution < -0.4 is 10.1 Å². The average molecular weight is 421 g/mol. The van der Waals surface area contributed by atoms with Crippen LogP contribution >= 0.6 is 35.4 Å². The van der Waals surface area contributed by atoms with E-state index in [1.807, 2.05) is 4.90 Å². The van der Waals surface area contributed by atoms with Crippen molar-refractivity contribution < 1.29 is 17.9 Å². The molecule has 3 rings (SSSR count). The van der Waals surface area contributed by atoms with Crippen molar-refractivity contribution >= 4 is 46.2 Å². The first kappa shape index (κ1) is 19.1. The van der Waals surface area contributed by atoms with E-state index < -0.39 is 11.7 Å². The molecule has 0 aliphatic carbocycles. The molecule has 3 nitrogen and oxygen atoms in total. The average Bonchev–Trinajstić information content (AvgIpc) is 2.53. The number of thiocarbonyl (C=S) groups is 1. The fourth-order valence-electron chi connectivity index (χ4n) is 2.42. The van der Waals surface area contributed by atoms with Crippen LogP contribution in [0.15, 0.2) is 42.5 Å². The maximum Gasteiger partial charge on any atom is 0.416 e. The van der Waals surface area contributed by atoms with Gasteiger partial charge in [0.2, 0.25) is 0 Å². The van der Waals surface area contributed by atoms with Crippen LogP contribution in [-0.4, -0.2) is 29.2 Å². The summed E-state index contributed by atoms with van der Waals surface area (Å²) >= 11 is 17.5. The maximum atomic E-state index is 12.7. The molecule has 26 heavy (non-hydrogen) atoms. The third-order valence-corrected chi connectivity index (χ3v) is 4.78. The Labute approximate surface area is 163 Å². The van der Waals surface area contributed by atoms with Gasteiger partial charge in [0.15, 0.2) is 5.11 Å². The number of nitrogens with zero attached hydrogens (tertiary/aromatic N) is 1. The number of rotatable bonds is 3. The van der Waals surface area contributed by atoms with E-state index in [1.165, 1.54) is 12.1 Å². The van der Waals surface area contributed by atoms with Gasteiger partial charge < -0.3 is 15.0 Å². The number of para-hydroxylation sites is 1. The molecule has 0 amide bonds. The Morgan fingerprint density at radius 3 is 2.35 bits per heavy atom. The van der Waals surface area contributed by atoms with Crippen molar-refractivity contribution in [3.63, 3.8) is 0 Å². The minimum Gasteiger partial charge on any atom is -0.487 e. The van der Waals surface area contributed by atoms with Crippen molar-refractivity contribution in [3.8, 4) is 5.75 Å². The highest BCUT2D eigenvalue weighted by Crippen LogP contribution is 2.33. The smallest absolute Gasteiger partial charge is 0.416 e. The normalized spacial score (nSPS) is 14.7. The lowest BCUT2D eigenvalue weighted by Gasteiger charge is -2.40. The van der Waals surface area contributed by atoms with Gasteiger partial charge in [0.1, 0.15) is 11.9 Å². The van der Waals surface area contributed by atoms with Crippen molar-refractivity contribution in [1.82, 2.24) is 4.90 Å². The van der Waals surface area contributed by atoms with E-state index in [4.69, 9.17) is 40.2 Å². The van der Waals surface area contributed by atoms with Crippen molar-refractivity contribution in [3.05, 3.63) is 58.1 Å². The second kappa shape index (κ2) is 7.50. The van der Waals surface area contributed by atoms with Crippen LogP contribution in [-0.2, 0) is 6.18 Å². The summed E-state index contributed by atoms with van der Waals surface area (Å²) in [7, 11) is 0. The zero-order valence-electron chi connectivity index (χ0n) is 13.2. The Bertz CT molecular complexity index is 806. The van der Waals surface area contributed by atoms with Crippen LogP contribution in [0.3, 0.4) is 0 Å². The number of likely N-dealkylation sites (tertiary alicyclic amines) is 1. The number of benzene rings is 2. The van der Waals surface area contributed by atoms with Crippen LogP contribution in [0.5, 0.6) is 5.75 Å². The molecule has 1 saturated heterocycles. The van der Waals surface area contributed by atoms with E-state index in [-0.39, 0.29) is 11.9 Å². The highest BCUT2D eigenvalue weighted by molar-refractivity contribution is 7.80. The maximum absolute atomic E-state index is 12.7. The largest absolute Gasteiger partial charge is 0.487 e. The Hall–Kier alpha value is -1.70. The van der Waals surface area contributed by atoms with E-state index in [2.05, 4.69) is 5.32 Å². The van der Waals surface area contributed by atoms with Gasteiger partial charge in [-0.1, -0.05) is 35.3 Å². The van der Waals surface area contributed by atoms with Gasteiger partial charge in [-0.25, -0.2) is 0 Å². The minimum atomic E-state index is -4.40. The SMILES string of the molecule is FC(F)(F)c1cccc(OC2CN(C(=S)Nc3c(Cl)cccc3Cl)C2)c1. The van der Waals surface area contributed by atoms with E-state index >= 15 is 0 Å². The fraction of sp³-hybridized carbons (Fsp3) is 0.235. The van der Waals surface area contributed by atoms with Gasteiger partial charge in [0.05, 0.1) is 34.4 Å². The second-order valence-corrected chi connectivity index (χ2v) is 6.90. The number of ether oxygens (including phenoxy) is 1. The number of alkyl halides is 3. The molecule has 1 fully saturated rings. The van der Waals surface area contributed by atoms with Crippen molar-refractivity contribution in [2.45, 2.75) is 12.3 Å². The minimum absolute atomic E-state index is 0.178. The highest BCUT2D eigenvalue weighted by atomic mass is 35.5. The molecule has 1 aliphatic heterocycles. The van der Waals surface area contributed by atoms with E-state index in [1.54, 1.807) is 18.2 Å². The molecule has 1 aliphatic rings. The molecule has 0 aromatic heterocycles. The summed E-state index contributed by atoms with van der Waals surface area (Å²) in [4.78, 5) is 1.81. The summed E-state index contributed by atoms with van der Waals surface area (Å²) < 4.78 is 43.8. The summed E-state index contributed by atoms with van der Waals surface area (Å²) in [5, 5.41) is 4.29. The number of halogens is 5. The summed E-state index contributed by atoms with van der Waals surface area (Å²) in [5.74, 6) is 0.178. The van der Waals surface area contributed by atoms with E-state index in [9.17, 15) is 13.2 Å². The highest BCUT2D eigenvalue weighted by Gasteiger charge is 2.33. The lowest BCUT2D eigenvalue weighted by Crippen LogP contribution is -2.57. The molecule has 1 heterocycles. The molecule has 0 spiro atoms. The molecular weight excluding hydrogens is 408 g/mol. The van der Waals surface area contributed by atoms with Crippen LogP contribution in [0.4, 0.5) is 18.9 Å². The van der Waals surface area contributed by atoms with Crippen LogP contribution in [0.2, 0.25) is 10.0 Å².